The molecule has 0 saturated carbocycles. The summed E-state index contributed by atoms with van der Waals surface area (Å²) in [6.45, 7) is 3.63. The van der Waals surface area contributed by atoms with E-state index in [1.807, 2.05) is 24.3 Å². The monoisotopic (exact) mass is 389 g/mol. The lowest BCUT2D eigenvalue weighted by Gasteiger charge is -2.14. The number of hydrogen-bond donors (Lipinski definition) is 2. The fourth-order valence-electron chi connectivity index (χ4n) is 1.50. The Kier molecular flexibility index (Phi) is 7.24. The minimum atomic E-state index is -1.12. The Hall–Kier alpha value is -1.41. The van der Waals surface area contributed by atoms with Crippen LogP contribution in [0.5, 0.6) is 0 Å². The highest BCUT2D eigenvalue weighted by molar-refractivity contribution is 14.1. The molecule has 1 rings (SSSR count). The lowest BCUT2D eigenvalue weighted by molar-refractivity contribution is -0.143. The minimum Gasteiger partial charge on any atom is -0.480 e. The van der Waals surface area contributed by atoms with Gasteiger partial charge in [0.2, 0.25) is 5.91 Å². The minimum absolute atomic E-state index is 0.0844. The number of benzene rings is 1. The van der Waals surface area contributed by atoms with Crippen molar-refractivity contribution in [3.05, 3.63) is 46.1 Å². The molecule has 0 spiro atoms. The van der Waals surface area contributed by atoms with Gasteiger partial charge in [-0.25, -0.2) is 4.79 Å². The van der Waals surface area contributed by atoms with Gasteiger partial charge in [0.15, 0.2) is 6.04 Å². The van der Waals surface area contributed by atoms with E-state index in [4.69, 9.17) is 9.84 Å². The average Bonchev–Trinajstić information content (AvgIpc) is 2.40. The van der Waals surface area contributed by atoms with Gasteiger partial charge >= 0.3 is 5.97 Å². The first-order valence-electron chi connectivity index (χ1n) is 5.98. The lowest BCUT2D eigenvalue weighted by atomic mass is 10.1. The largest absolute Gasteiger partial charge is 0.480 e. The number of hydrogen-bond acceptors (Lipinski definition) is 3. The molecule has 1 unspecified atom stereocenters. The number of ether oxygens (including phenoxy) is 1. The van der Waals surface area contributed by atoms with Crippen LogP contribution in [-0.4, -0.2) is 36.2 Å². The van der Waals surface area contributed by atoms with Gasteiger partial charge in [0.05, 0.1) is 19.6 Å². The van der Waals surface area contributed by atoms with Crippen molar-refractivity contribution in [2.24, 2.45) is 0 Å². The van der Waals surface area contributed by atoms with Gasteiger partial charge in [-0.2, -0.15) is 0 Å². The fraction of sp³-hybridized carbons (Fsp3) is 0.286. The van der Waals surface area contributed by atoms with E-state index in [9.17, 15) is 9.59 Å². The second-order valence-electron chi connectivity index (χ2n) is 4.05. The summed E-state index contributed by atoms with van der Waals surface area (Å²) in [5.41, 5.74) is 0.863. The van der Waals surface area contributed by atoms with Gasteiger partial charge in [-0.15, -0.1) is 6.58 Å². The van der Waals surface area contributed by atoms with Crippen molar-refractivity contribution in [1.82, 2.24) is 5.32 Å². The second kappa shape index (κ2) is 8.70. The molecule has 0 aromatic heterocycles. The van der Waals surface area contributed by atoms with Crippen LogP contribution < -0.4 is 5.32 Å². The highest BCUT2D eigenvalue weighted by atomic mass is 127. The summed E-state index contributed by atoms with van der Waals surface area (Å²) >= 11 is 2.14. The van der Waals surface area contributed by atoms with Crippen LogP contribution in [0.1, 0.15) is 5.56 Å². The van der Waals surface area contributed by atoms with E-state index in [1.165, 1.54) is 6.08 Å². The van der Waals surface area contributed by atoms with E-state index in [2.05, 4.69) is 34.5 Å². The van der Waals surface area contributed by atoms with Gasteiger partial charge in [-0.1, -0.05) is 24.3 Å². The van der Waals surface area contributed by atoms with Crippen LogP contribution >= 0.6 is 22.6 Å². The summed E-state index contributed by atoms with van der Waals surface area (Å²) in [4.78, 5) is 22.9. The Morgan fingerprint density at radius 1 is 1.45 bits per heavy atom. The Balaban J connectivity index is 2.56. The first-order valence-corrected chi connectivity index (χ1v) is 7.06. The summed E-state index contributed by atoms with van der Waals surface area (Å²) in [5.74, 6) is -1.46. The third kappa shape index (κ3) is 5.70. The van der Waals surface area contributed by atoms with Crippen LogP contribution in [-0.2, 0) is 20.7 Å². The van der Waals surface area contributed by atoms with Gasteiger partial charge in [0, 0.05) is 3.57 Å². The van der Waals surface area contributed by atoms with Crippen LogP contribution in [0.25, 0.3) is 0 Å². The van der Waals surface area contributed by atoms with E-state index < -0.39 is 12.0 Å². The molecule has 1 amide bonds. The van der Waals surface area contributed by atoms with E-state index in [0.29, 0.717) is 0 Å². The lowest BCUT2D eigenvalue weighted by Crippen LogP contribution is -2.44. The van der Waals surface area contributed by atoms with Crippen LogP contribution in [0.2, 0.25) is 0 Å². The summed E-state index contributed by atoms with van der Waals surface area (Å²) in [6, 6.07) is 6.40. The van der Waals surface area contributed by atoms with Crippen molar-refractivity contribution in [1.29, 1.82) is 0 Å². The summed E-state index contributed by atoms with van der Waals surface area (Å²) < 4.78 is 6.03. The molecule has 1 atom stereocenters. The van der Waals surface area contributed by atoms with E-state index in [1.54, 1.807) is 0 Å². The van der Waals surface area contributed by atoms with Gasteiger partial charge < -0.3 is 15.2 Å². The highest BCUT2D eigenvalue weighted by Crippen LogP contribution is 2.11. The van der Waals surface area contributed by atoms with Crippen molar-refractivity contribution in [3.8, 4) is 0 Å². The summed E-state index contributed by atoms with van der Waals surface area (Å²) in [6.07, 6.45) is 1.66. The molecule has 0 saturated heterocycles. The summed E-state index contributed by atoms with van der Waals surface area (Å²) in [7, 11) is 0. The van der Waals surface area contributed by atoms with Crippen molar-refractivity contribution < 1.29 is 19.4 Å². The molecule has 5 nitrogen and oxygen atoms in total. The molecule has 0 aliphatic heterocycles. The third-order valence-corrected chi connectivity index (χ3v) is 3.51. The average molecular weight is 389 g/mol. The van der Waals surface area contributed by atoms with Crippen LogP contribution in [0.3, 0.4) is 0 Å². The van der Waals surface area contributed by atoms with Crippen molar-refractivity contribution in [2.45, 2.75) is 12.5 Å². The van der Waals surface area contributed by atoms with Gasteiger partial charge in [-0.05, 0) is 34.2 Å². The Morgan fingerprint density at radius 3 is 2.75 bits per heavy atom. The van der Waals surface area contributed by atoms with Crippen molar-refractivity contribution in [3.63, 3.8) is 0 Å². The molecule has 0 aliphatic rings. The van der Waals surface area contributed by atoms with Gasteiger partial charge in [0.1, 0.15) is 0 Å². The summed E-state index contributed by atoms with van der Waals surface area (Å²) in [5, 5.41) is 11.5. The zero-order chi connectivity index (χ0) is 15.0. The predicted octanol–water partition coefficient (Wildman–Crippen LogP) is 1.61. The normalized spacial score (nSPS) is 11.7. The third-order valence-electron chi connectivity index (χ3n) is 2.46. The Labute approximate surface area is 131 Å². The maximum atomic E-state index is 11.9. The van der Waals surface area contributed by atoms with Crippen LogP contribution in [0.4, 0.5) is 0 Å². The molecule has 0 fully saturated rings. The standard InChI is InChI=1S/C14H16INO4/c1-2-7-20-9-12(14(18)19)16-13(17)8-10-5-3-4-6-11(10)15/h2-6,12H,1,7-9H2,(H,16,17)(H,18,19). The van der Waals surface area contributed by atoms with Crippen molar-refractivity contribution >= 4 is 34.5 Å². The first kappa shape index (κ1) is 16.6. The first-order chi connectivity index (χ1) is 9.54. The number of carbonyl (C=O) groups excluding carboxylic acids is 1. The molecule has 6 heteroatoms. The number of amides is 1. The van der Waals surface area contributed by atoms with E-state index in [-0.39, 0.29) is 25.5 Å². The quantitative estimate of drug-likeness (QED) is 0.403. The van der Waals surface area contributed by atoms with Gasteiger partial charge in [0.25, 0.3) is 0 Å². The molecule has 0 bridgehead atoms. The molecule has 20 heavy (non-hydrogen) atoms. The number of carboxylic acid groups (broad SMARTS) is 1. The molecule has 0 aliphatic carbocycles. The molecule has 108 valence electrons. The molecule has 0 heterocycles. The van der Waals surface area contributed by atoms with Gasteiger partial charge in [-0.3, -0.25) is 4.79 Å². The number of aliphatic carboxylic acids is 1. The second-order valence-corrected chi connectivity index (χ2v) is 5.21. The number of carboxylic acids is 1. The predicted molar refractivity (Wildman–Crippen MR) is 83.4 cm³/mol. The zero-order valence-corrected chi connectivity index (χ0v) is 13.0. The van der Waals surface area contributed by atoms with Crippen molar-refractivity contribution in [2.75, 3.05) is 13.2 Å². The van der Waals surface area contributed by atoms with Crippen LogP contribution in [0, 0.1) is 3.57 Å². The topological polar surface area (TPSA) is 75.6 Å². The van der Waals surface area contributed by atoms with E-state index >= 15 is 0 Å². The van der Waals surface area contributed by atoms with Crippen LogP contribution in [0.15, 0.2) is 36.9 Å². The molecular weight excluding hydrogens is 373 g/mol. The zero-order valence-electron chi connectivity index (χ0n) is 10.8. The molecule has 0 radical (unpaired) electrons. The molecule has 2 N–H and O–H groups in total. The maximum absolute atomic E-state index is 11.9. The number of rotatable bonds is 8. The highest BCUT2D eigenvalue weighted by Gasteiger charge is 2.20. The Morgan fingerprint density at radius 2 is 2.15 bits per heavy atom. The molecule has 1 aromatic rings. The van der Waals surface area contributed by atoms with E-state index in [0.717, 1.165) is 9.13 Å². The fourth-order valence-corrected chi connectivity index (χ4v) is 2.08. The number of nitrogens with one attached hydrogen (secondary N) is 1. The number of carbonyl (C=O) groups is 2. The number of halogens is 1. The molecule has 1 aromatic carbocycles. The molecular formula is C14H16INO4. The SMILES string of the molecule is C=CCOCC(NC(=O)Cc1ccccc1I)C(=O)O. The Bertz CT molecular complexity index is 490. The maximum Gasteiger partial charge on any atom is 0.328 e. The smallest absolute Gasteiger partial charge is 0.328 e.